The molecule has 6 heterocycles. The highest BCUT2D eigenvalue weighted by Gasteiger charge is 2.54. The fourth-order valence-corrected chi connectivity index (χ4v) is 19.7. The van der Waals surface area contributed by atoms with Crippen molar-refractivity contribution in [2.45, 2.75) is 80.3 Å². The second kappa shape index (κ2) is 36.4. The Bertz CT molecular complexity index is 4240. The monoisotopic (exact) mass is 1580 g/mol. The fraction of sp³-hybridized carbons (Fsp3) is 0.354. The predicted molar refractivity (Wildman–Crippen MR) is 372 cm³/mol. The molecular formula is C65H72BrClN6O21S6. The molecule has 4 aromatic carbocycles. The second-order valence-electron chi connectivity index (χ2n) is 22.4. The smallest absolute Gasteiger partial charge is 0.265 e. The minimum absolute atomic E-state index is 0.0467. The SMILES string of the molecule is O=C(Cc1ccc(-c2ccc(Cl)cc2)s1)NCCOc1ccc(S(=O)(=O)C2(C(=O)NO)CCOCC2)cc1.O=C(Cc1cccs1)NCCOc1ccc(S(=O)(=O)C2(C(=O)NO)CCOCC2)cc1.O=C(NCCOc1ccc(S(=O)(=O)C2(C(=O)NO)CCOCC2)cc1)c1ccc(Br)s1. The first-order valence-corrected chi connectivity index (χ1v) is 39.0. The highest BCUT2D eigenvalue weighted by atomic mass is 79.9. The van der Waals surface area contributed by atoms with Crippen molar-refractivity contribution >= 4 is 126 Å². The lowest BCUT2D eigenvalue weighted by atomic mass is 9.98. The van der Waals surface area contributed by atoms with Crippen LogP contribution in [0.1, 0.15) is 58.0 Å². The molecule has 6 amide bonds. The molecule has 0 spiro atoms. The minimum Gasteiger partial charge on any atom is -0.492 e. The Kier molecular flexibility index (Phi) is 28.5. The van der Waals surface area contributed by atoms with E-state index in [1.54, 1.807) is 23.5 Å². The van der Waals surface area contributed by atoms with Crippen LogP contribution in [-0.2, 0) is 80.5 Å². The van der Waals surface area contributed by atoms with Gasteiger partial charge in [-0.1, -0.05) is 29.8 Å². The molecule has 100 heavy (non-hydrogen) atoms. The molecule has 0 unspecified atom stereocenters. The Labute approximate surface area is 602 Å². The molecule has 0 atom stereocenters. The third kappa shape index (κ3) is 19.4. The molecule has 0 bridgehead atoms. The largest absolute Gasteiger partial charge is 0.492 e. The quantitative estimate of drug-likeness (QED) is 0.0141. The summed E-state index contributed by atoms with van der Waals surface area (Å²) >= 11 is 13.6. The van der Waals surface area contributed by atoms with Crippen LogP contribution >= 0.6 is 61.5 Å². The van der Waals surface area contributed by atoms with Gasteiger partial charge in [0.15, 0.2) is 43.8 Å². The number of rotatable bonds is 27. The van der Waals surface area contributed by atoms with E-state index in [4.69, 9.17) is 55.6 Å². The number of ether oxygens (including phenoxy) is 6. The molecule has 0 radical (unpaired) electrons. The molecule has 3 saturated heterocycles. The van der Waals surface area contributed by atoms with Crippen LogP contribution in [0.25, 0.3) is 10.4 Å². The summed E-state index contributed by atoms with van der Waals surface area (Å²) in [5, 5.41) is 38.2. The van der Waals surface area contributed by atoms with E-state index < -0.39 is 61.5 Å². The normalized spacial score (nSPS) is 15.5. The number of halogens is 2. The van der Waals surface area contributed by atoms with Crippen LogP contribution in [-0.4, -0.2) is 170 Å². The number of sulfone groups is 3. The zero-order valence-corrected chi connectivity index (χ0v) is 60.6. The van der Waals surface area contributed by atoms with Gasteiger partial charge in [-0.3, -0.25) is 44.4 Å². The maximum absolute atomic E-state index is 13.3. The standard InChI is InChI=1S/C26H27ClN2O7S2.C20H24N2O7S2.C19H21BrN2O7S2/c27-19-3-1-18(2-4-19)23-10-7-21(37-23)17-24(30)28-13-16-36-20-5-8-22(9-6-20)38(33,34)26(25(31)29-32)11-14-35-15-12-26;23-18(14-16-2-1-13-30-16)21-9-12-29-15-3-5-17(6-4-15)31(26,27)20(19(24)22-25)7-10-28-11-8-20;20-16-6-5-15(30-16)17(23)21-9-12-29-13-1-3-14(4-2-13)31(26,27)19(18(24)22-25)7-10-28-11-8-19/h1-10,32H,11-17H2,(H,28,30)(H,29,31);1-6,13,25H,7-12,14H2,(H,21,23)(H,22,24);1-6,25H,7-12H2,(H,21,23)(H,22,24). The molecule has 538 valence electrons. The Balaban J connectivity index is 0.000000192. The highest BCUT2D eigenvalue weighted by molar-refractivity contribution is 9.11. The van der Waals surface area contributed by atoms with Crippen molar-refractivity contribution in [2.75, 3.05) is 79.1 Å². The third-order valence-corrected chi connectivity index (χ3v) is 27.7. The van der Waals surface area contributed by atoms with Gasteiger partial charge in [0.25, 0.3) is 23.6 Å². The first-order chi connectivity index (χ1) is 47.9. The molecule has 0 aliphatic carbocycles. The third-order valence-electron chi connectivity index (χ3n) is 16.3. The minimum atomic E-state index is -4.11. The number of carbonyl (C=O) groups excluding carboxylic acids is 6. The number of hydroxylamine groups is 3. The lowest BCUT2D eigenvalue weighted by Crippen LogP contribution is -2.54. The van der Waals surface area contributed by atoms with Crippen LogP contribution in [0, 0.1) is 0 Å². The van der Waals surface area contributed by atoms with Crippen LogP contribution in [0.5, 0.6) is 17.2 Å². The summed E-state index contributed by atoms with van der Waals surface area (Å²) in [4.78, 5) is 76.4. The van der Waals surface area contributed by atoms with E-state index in [9.17, 15) is 54.0 Å². The van der Waals surface area contributed by atoms with Crippen LogP contribution < -0.4 is 46.6 Å². The van der Waals surface area contributed by atoms with Gasteiger partial charge in [-0.25, -0.2) is 41.7 Å². The fourth-order valence-electron chi connectivity index (χ4n) is 10.8. The van der Waals surface area contributed by atoms with Crippen LogP contribution in [0.2, 0.25) is 5.02 Å². The van der Waals surface area contributed by atoms with Crippen molar-refractivity contribution in [1.82, 2.24) is 32.4 Å². The number of nitrogens with one attached hydrogen (secondary N) is 6. The van der Waals surface area contributed by atoms with Crippen LogP contribution in [0.4, 0.5) is 0 Å². The molecule has 3 aliphatic rings. The van der Waals surface area contributed by atoms with Gasteiger partial charge in [0.2, 0.25) is 11.8 Å². The summed E-state index contributed by atoms with van der Waals surface area (Å²) < 4.78 is 107. The van der Waals surface area contributed by atoms with Gasteiger partial charge in [0, 0.05) is 59.3 Å². The average Bonchev–Trinajstić information content (AvgIpc) is 1.27. The second-order valence-corrected chi connectivity index (χ2v) is 34.3. The van der Waals surface area contributed by atoms with Crippen molar-refractivity contribution < 1.29 is 98.1 Å². The predicted octanol–water partition coefficient (Wildman–Crippen LogP) is 7.10. The van der Waals surface area contributed by atoms with Gasteiger partial charge < -0.3 is 44.4 Å². The van der Waals surface area contributed by atoms with Gasteiger partial charge in [0.05, 0.1) is 55.8 Å². The number of hydrogen-bond acceptors (Lipinski definition) is 24. The van der Waals surface area contributed by atoms with Crippen molar-refractivity contribution in [2.24, 2.45) is 0 Å². The summed E-state index contributed by atoms with van der Waals surface area (Å²) in [7, 11) is -12.3. The Hall–Kier alpha value is -7.42. The Morgan fingerprint density at radius 3 is 1.20 bits per heavy atom. The van der Waals surface area contributed by atoms with E-state index in [1.165, 1.54) is 112 Å². The highest BCUT2D eigenvalue weighted by Crippen LogP contribution is 2.39. The van der Waals surface area contributed by atoms with Crippen molar-refractivity contribution in [3.8, 4) is 27.7 Å². The first-order valence-electron chi connectivity index (χ1n) is 30.9. The lowest BCUT2D eigenvalue weighted by Gasteiger charge is -2.34. The van der Waals surface area contributed by atoms with Gasteiger partial charge >= 0.3 is 0 Å². The van der Waals surface area contributed by atoms with Gasteiger partial charge in [0.1, 0.15) is 37.1 Å². The topological polar surface area (TPSA) is 393 Å². The van der Waals surface area contributed by atoms with Crippen LogP contribution in [0.3, 0.4) is 0 Å². The van der Waals surface area contributed by atoms with Gasteiger partial charge in [-0.2, -0.15) is 0 Å². The zero-order valence-electron chi connectivity index (χ0n) is 53.3. The van der Waals surface area contributed by atoms with Gasteiger partial charge in [-0.05, 0) is 181 Å². The van der Waals surface area contributed by atoms with E-state index in [2.05, 4.69) is 31.9 Å². The van der Waals surface area contributed by atoms with E-state index in [0.29, 0.717) is 40.1 Å². The molecule has 7 aromatic rings. The van der Waals surface area contributed by atoms with Crippen molar-refractivity contribution in [3.05, 3.63) is 162 Å². The first kappa shape index (κ1) is 78.3. The van der Waals surface area contributed by atoms with E-state index >= 15 is 0 Å². The molecule has 3 aromatic heterocycles. The zero-order chi connectivity index (χ0) is 72.0. The number of thiophene rings is 3. The van der Waals surface area contributed by atoms with E-state index in [1.807, 2.05) is 53.9 Å². The lowest BCUT2D eigenvalue weighted by molar-refractivity contribution is -0.135. The molecule has 27 nitrogen and oxygen atoms in total. The van der Waals surface area contributed by atoms with Crippen molar-refractivity contribution in [3.63, 3.8) is 0 Å². The molecular weight excluding hydrogens is 1510 g/mol. The summed E-state index contributed by atoms with van der Waals surface area (Å²) in [6, 6.07) is 35.8. The van der Waals surface area contributed by atoms with Gasteiger partial charge in [-0.15, -0.1) is 34.0 Å². The molecule has 0 saturated carbocycles. The molecule has 3 aliphatic heterocycles. The molecule has 9 N–H and O–H groups in total. The van der Waals surface area contributed by atoms with E-state index in [-0.39, 0.29) is 150 Å². The van der Waals surface area contributed by atoms with E-state index in [0.717, 1.165) is 24.0 Å². The maximum Gasteiger partial charge on any atom is 0.265 e. The number of carbonyl (C=O) groups is 6. The summed E-state index contributed by atoms with van der Waals surface area (Å²) in [6.45, 7) is 2.04. The number of amides is 6. The molecule has 35 heteroatoms. The number of hydrogen-bond donors (Lipinski definition) is 9. The average molecular weight is 1580 g/mol. The maximum atomic E-state index is 13.3. The summed E-state index contributed by atoms with van der Waals surface area (Å²) in [6.07, 6.45) is 0.232. The molecule has 10 rings (SSSR count). The van der Waals surface area contributed by atoms with Crippen LogP contribution in [0.15, 0.2) is 157 Å². The summed E-state index contributed by atoms with van der Waals surface area (Å²) in [5.41, 5.74) is 5.51. The molecule has 3 fully saturated rings. The Morgan fingerprint density at radius 1 is 0.470 bits per heavy atom. The summed E-state index contributed by atoms with van der Waals surface area (Å²) in [5.74, 6) is -2.08. The number of benzene rings is 4. The Morgan fingerprint density at radius 2 is 0.850 bits per heavy atom. The van der Waals surface area contributed by atoms with Crippen molar-refractivity contribution in [1.29, 1.82) is 0 Å².